The van der Waals surface area contributed by atoms with Crippen LogP contribution in [-0.2, 0) is 4.74 Å². The van der Waals surface area contributed by atoms with Crippen LogP contribution in [0.1, 0.15) is 59.8 Å². The van der Waals surface area contributed by atoms with Gasteiger partial charge in [0.15, 0.2) is 0 Å². The lowest BCUT2D eigenvalue weighted by Crippen LogP contribution is -2.61. The van der Waals surface area contributed by atoms with Crippen molar-refractivity contribution in [3.05, 3.63) is 0 Å². The third kappa shape index (κ3) is 2.75. The highest BCUT2D eigenvalue weighted by atomic mass is 16.5. The SMILES string of the molecule is CCC1(CC)OCCNC1C1CC(C)CC(C)C1. The van der Waals surface area contributed by atoms with Crippen LogP contribution in [0.5, 0.6) is 0 Å². The summed E-state index contributed by atoms with van der Waals surface area (Å²) in [7, 11) is 0. The van der Waals surface area contributed by atoms with Crippen molar-refractivity contribution in [3.63, 3.8) is 0 Å². The van der Waals surface area contributed by atoms with Gasteiger partial charge in [0.1, 0.15) is 0 Å². The van der Waals surface area contributed by atoms with E-state index < -0.39 is 0 Å². The molecule has 0 radical (unpaired) electrons. The first kappa shape index (κ1) is 14.3. The van der Waals surface area contributed by atoms with Gasteiger partial charge in [0, 0.05) is 12.6 Å². The van der Waals surface area contributed by atoms with E-state index in [4.69, 9.17) is 4.74 Å². The molecule has 2 heteroatoms. The third-order valence-corrected chi connectivity index (χ3v) is 5.31. The molecule has 2 fully saturated rings. The van der Waals surface area contributed by atoms with E-state index in [-0.39, 0.29) is 5.60 Å². The van der Waals surface area contributed by atoms with Gasteiger partial charge in [-0.15, -0.1) is 0 Å². The van der Waals surface area contributed by atoms with Crippen molar-refractivity contribution in [2.75, 3.05) is 13.2 Å². The molecule has 1 aliphatic carbocycles. The topological polar surface area (TPSA) is 21.3 Å². The molecule has 0 amide bonds. The maximum Gasteiger partial charge on any atom is 0.0832 e. The van der Waals surface area contributed by atoms with Gasteiger partial charge in [0.2, 0.25) is 0 Å². The first-order valence-corrected chi connectivity index (χ1v) is 7.98. The molecule has 106 valence electrons. The summed E-state index contributed by atoms with van der Waals surface area (Å²) < 4.78 is 6.24. The van der Waals surface area contributed by atoms with Crippen LogP contribution in [0.15, 0.2) is 0 Å². The summed E-state index contributed by atoms with van der Waals surface area (Å²) in [6.07, 6.45) is 6.45. The second kappa shape index (κ2) is 5.92. The Morgan fingerprint density at radius 3 is 2.22 bits per heavy atom. The lowest BCUT2D eigenvalue weighted by molar-refractivity contribution is -0.121. The van der Waals surface area contributed by atoms with E-state index in [1.807, 2.05) is 0 Å². The summed E-state index contributed by atoms with van der Waals surface area (Å²) in [4.78, 5) is 0. The van der Waals surface area contributed by atoms with E-state index in [2.05, 4.69) is 33.0 Å². The second-order valence-corrected chi connectivity index (χ2v) is 6.73. The van der Waals surface area contributed by atoms with Crippen LogP contribution >= 0.6 is 0 Å². The zero-order valence-electron chi connectivity index (χ0n) is 12.7. The molecule has 18 heavy (non-hydrogen) atoms. The summed E-state index contributed by atoms with van der Waals surface area (Å²) in [5, 5.41) is 3.80. The Morgan fingerprint density at radius 2 is 1.67 bits per heavy atom. The number of morpholine rings is 1. The molecule has 1 N–H and O–H groups in total. The van der Waals surface area contributed by atoms with Gasteiger partial charge in [-0.25, -0.2) is 0 Å². The molecule has 0 spiro atoms. The van der Waals surface area contributed by atoms with Crippen molar-refractivity contribution in [1.82, 2.24) is 5.32 Å². The van der Waals surface area contributed by atoms with E-state index in [1.54, 1.807) is 0 Å². The van der Waals surface area contributed by atoms with Gasteiger partial charge < -0.3 is 10.1 Å². The Labute approximate surface area is 113 Å². The third-order valence-electron chi connectivity index (χ3n) is 5.31. The summed E-state index contributed by atoms with van der Waals surface area (Å²) in [5.41, 5.74) is 0.0969. The molecule has 0 bridgehead atoms. The number of hydrogen-bond donors (Lipinski definition) is 1. The summed E-state index contributed by atoms with van der Waals surface area (Å²) >= 11 is 0. The molecule has 3 unspecified atom stereocenters. The van der Waals surface area contributed by atoms with Gasteiger partial charge in [-0.1, -0.05) is 27.7 Å². The highest BCUT2D eigenvalue weighted by molar-refractivity contribution is 4.99. The van der Waals surface area contributed by atoms with Crippen LogP contribution in [0.3, 0.4) is 0 Å². The fourth-order valence-corrected chi connectivity index (χ4v) is 4.52. The van der Waals surface area contributed by atoms with Crippen LogP contribution in [-0.4, -0.2) is 24.8 Å². The first-order chi connectivity index (χ1) is 8.61. The average molecular weight is 253 g/mol. The summed E-state index contributed by atoms with van der Waals surface area (Å²) in [6, 6.07) is 0.575. The molecular formula is C16H31NO. The summed E-state index contributed by atoms with van der Waals surface area (Å²) in [6.45, 7) is 11.3. The predicted molar refractivity (Wildman–Crippen MR) is 76.7 cm³/mol. The van der Waals surface area contributed by atoms with Crippen molar-refractivity contribution in [3.8, 4) is 0 Å². The van der Waals surface area contributed by atoms with Crippen molar-refractivity contribution in [2.24, 2.45) is 17.8 Å². The minimum Gasteiger partial charge on any atom is -0.372 e. The number of ether oxygens (including phenoxy) is 1. The zero-order chi connectivity index (χ0) is 13.2. The van der Waals surface area contributed by atoms with Gasteiger partial charge in [0.05, 0.1) is 12.2 Å². The van der Waals surface area contributed by atoms with E-state index in [0.717, 1.165) is 43.7 Å². The smallest absolute Gasteiger partial charge is 0.0832 e. The van der Waals surface area contributed by atoms with E-state index in [0.29, 0.717) is 6.04 Å². The molecule has 1 saturated heterocycles. The normalized spacial score (nSPS) is 40.7. The van der Waals surface area contributed by atoms with Crippen molar-refractivity contribution >= 4 is 0 Å². The van der Waals surface area contributed by atoms with Crippen LogP contribution in [0, 0.1) is 17.8 Å². The van der Waals surface area contributed by atoms with Crippen LogP contribution < -0.4 is 5.32 Å². The largest absolute Gasteiger partial charge is 0.372 e. The summed E-state index contributed by atoms with van der Waals surface area (Å²) in [5.74, 6) is 2.58. The van der Waals surface area contributed by atoms with Crippen molar-refractivity contribution in [1.29, 1.82) is 0 Å². The van der Waals surface area contributed by atoms with Crippen LogP contribution in [0.4, 0.5) is 0 Å². The molecule has 0 aromatic heterocycles. The fourth-order valence-electron chi connectivity index (χ4n) is 4.52. The molecule has 0 aromatic rings. The highest BCUT2D eigenvalue weighted by Gasteiger charge is 2.44. The molecule has 3 atom stereocenters. The maximum absolute atomic E-state index is 6.24. The minimum absolute atomic E-state index is 0.0969. The maximum atomic E-state index is 6.24. The van der Waals surface area contributed by atoms with E-state index in [9.17, 15) is 0 Å². The standard InChI is InChI=1S/C16H31NO/c1-5-16(6-2)15(17-7-8-18-16)14-10-12(3)9-13(4)11-14/h12-15,17H,5-11H2,1-4H3. The molecule has 2 aliphatic rings. The lowest BCUT2D eigenvalue weighted by atomic mass is 9.68. The van der Waals surface area contributed by atoms with Gasteiger partial charge in [0.25, 0.3) is 0 Å². The van der Waals surface area contributed by atoms with Gasteiger partial charge in [-0.2, -0.15) is 0 Å². The van der Waals surface area contributed by atoms with E-state index in [1.165, 1.54) is 19.3 Å². The average Bonchev–Trinajstić information content (AvgIpc) is 2.37. The Morgan fingerprint density at radius 1 is 1.06 bits per heavy atom. The fraction of sp³-hybridized carbons (Fsp3) is 1.00. The molecule has 1 aliphatic heterocycles. The lowest BCUT2D eigenvalue weighted by Gasteiger charge is -2.49. The van der Waals surface area contributed by atoms with Crippen LogP contribution in [0.25, 0.3) is 0 Å². The Kier molecular flexibility index (Phi) is 4.71. The Bertz CT molecular complexity index is 252. The first-order valence-electron chi connectivity index (χ1n) is 7.98. The molecule has 2 rings (SSSR count). The van der Waals surface area contributed by atoms with Gasteiger partial charge >= 0.3 is 0 Å². The Hall–Kier alpha value is -0.0800. The van der Waals surface area contributed by atoms with Gasteiger partial charge in [-0.3, -0.25) is 0 Å². The van der Waals surface area contributed by atoms with Gasteiger partial charge in [-0.05, 0) is 49.9 Å². The highest BCUT2D eigenvalue weighted by Crippen LogP contribution is 2.41. The monoisotopic (exact) mass is 253 g/mol. The predicted octanol–water partition coefficient (Wildman–Crippen LogP) is 3.61. The zero-order valence-corrected chi connectivity index (χ0v) is 12.7. The second-order valence-electron chi connectivity index (χ2n) is 6.73. The van der Waals surface area contributed by atoms with Crippen molar-refractivity contribution < 1.29 is 4.74 Å². The molecule has 0 aromatic carbocycles. The number of hydrogen-bond acceptors (Lipinski definition) is 2. The van der Waals surface area contributed by atoms with Crippen molar-refractivity contribution in [2.45, 2.75) is 71.4 Å². The molecular weight excluding hydrogens is 222 g/mol. The molecule has 2 nitrogen and oxygen atoms in total. The molecule has 1 saturated carbocycles. The molecule has 1 heterocycles. The quantitative estimate of drug-likeness (QED) is 0.829. The number of rotatable bonds is 3. The minimum atomic E-state index is 0.0969. The Balaban J connectivity index is 2.12. The van der Waals surface area contributed by atoms with Crippen LogP contribution in [0.2, 0.25) is 0 Å². The van der Waals surface area contributed by atoms with E-state index >= 15 is 0 Å². The number of nitrogens with one attached hydrogen (secondary N) is 1.